The summed E-state index contributed by atoms with van der Waals surface area (Å²) >= 11 is 0. The highest BCUT2D eigenvalue weighted by Crippen LogP contribution is 2.10. The highest BCUT2D eigenvalue weighted by atomic mass is 16.5. The lowest BCUT2D eigenvalue weighted by molar-refractivity contribution is -0.153. The molecule has 0 saturated carbocycles. The van der Waals surface area contributed by atoms with Crippen molar-refractivity contribution in [1.82, 2.24) is 0 Å². The van der Waals surface area contributed by atoms with Crippen LogP contribution in [0.4, 0.5) is 0 Å². The van der Waals surface area contributed by atoms with Gasteiger partial charge in [0.25, 0.3) is 0 Å². The smallest absolute Gasteiger partial charge is 0.306 e. The number of carbonyl (C=O) groups is 2. The Labute approximate surface area is 116 Å². The molecule has 0 rings (SSSR count). The molecule has 0 fully saturated rings. The Morgan fingerprint density at radius 1 is 0.842 bits per heavy atom. The van der Waals surface area contributed by atoms with Crippen LogP contribution in [-0.4, -0.2) is 24.6 Å². The minimum absolute atomic E-state index is 0.0819. The monoisotopic (exact) mass is 272 g/mol. The molecule has 1 unspecified atom stereocenters. The minimum Gasteiger partial charge on any atom is -0.465 e. The molecule has 0 bridgehead atoms. The van der Waals surface area contributed by atoms with E-state index in [1.54, 1.807) is 0 Å². The highest BCUT2D eigenvalue weighted by molar-refractivity contribution is 5.77. The normalized spacial score (nSPS) is 12.6. The molecule has 0 amide bonds. The molecule has 0 radical (unpaired) electrons. The summed E-state index contributed by atoms with van der Waals surface area (Å²) < 4.78 is 10.2. The summed E-state index contributed by atoms with van der Waals surface area (Å²) in [6.07, 6.45) is 2.01. The van der Waals surface area contributed by atoms with Gasteiger partial charge in [-0.15, -0.1) is 0 Å². The fourth-order valence-electron chi connectivity index (χ4n) is 1.45. The Hall–Kier alpha value is -1.06. The van der Waals surface area contributed by atoms with Crippen molar-refractivity contribution in [3.63, 3.8) is 0 Å². The van der Waals surface area contributed by atoms with Gasteiger partial charge in [-0.05, 0) is 31.6 Å². The van der Waals surface area contributed by atoms with E-state index in [1.807, 2.05) is 20.8 Å². The molecule has 0 aromatic carbocycles. The van der Waals surface area contributed by atoms with Crippen molar-refractivity contribution in [1.29, 1.82) is 0 Å². The Kier molecular flexibility index (Phi) is 9.27. The third-order valence-electron chi connectivity index (χ3n) is 2.59. The van der Waals surface area contributed by atoms with Gasteiger partial charge in [-0.1, -0.05) is 27.7 Å². The lowest BCUT2D eigenvalue weighted by Gasteiger charge is -2.14. The zero-order valence-corrected chi connectivity index (χ0v) is 12.9. The second-order valence-electron chi connectivity index (χ2n) is 5.85. The van der Waals surface area contributed by atoms with E-state index in [0.29, 0.717) is 18.4 Å². The van der Waals surface area contributed by atoms with Crippen LogP contribution in [0.1, 0.15) is 60.3 Å². The topological polar surface area (TPSA) is 52.6 Å². The molecule has 0 aliphatic heterocycles. The van der Waals surface area contributed by atoms with Gasteiger partial charge in [0.05, 0.1) is 25.6 Å². The molecule has 4 heteroatoms. The van der Waals surface area contributed by atoms with Gasteiger partial charge in [0.15, 0.2) is 0 Å². The molecule has 1 atom stereocenters. The van der Waals surface area contributed by atoms with Gasteiger partial charge in [-0.3, -0.25) is 9.59 Å². The summed E-state index contributed by atoms with van der Waals surface area (Å²) in [5.74, 6) is 0.261. The van der Waals surface area contributed by atoms with Crippen molar-refractivity contribution in [2.24, 2.45) is 11.8 Å². The predicted octanol–water partition coefficient (Wildman–Crippen LogP) is 3.33. The van der Waals surface area contributed by atoms with Crippen molar-refractivity contribution < 1.29 is 19.1 Å². The minimum atomic E-state index is -0.333. The lowest BCUT2D eigenvalue weighted by atomic mass is 10.1. The van der Waals surface area contributed by atoms with Gasteiger partial charge in [0.2, 0.25) is 0 Å². The third-order valence-corrected chi connectivity index (χ3v) is 2.59. The van der Waals surface area contributed by atoms with Crippen molar-refractivity contribution in [2.45, 2.75) is 66.4 Å². The molecule has 0 aliphatic carbocycles. The summed E-state index contributed by atoms with van der Waals surface area (Å²) in [7, 11) is 0. The van der Waals surface area contributed by atoms with Crippen molar-refractivity contribution >= 4 is 11.9 Å². The number of hydrogen-bond donors (Lipinski definition) is 0. The molecule has 112 valence electrons. The van der Waals surface area contributed by atoms with Crippen LogP contribution in [0.3, 0.4) is 0 Å². The largest absolute Gasteiger partial charge is 0.465 e. The van der Waals surface area contributed by atoms with Crippen molar-refractivity contribution in [2.75, 3.05) is 6.61 Å². The van der Waals surface area contributed by atoms with Crippen LogP contribution in [0, 0.1) is 11.8 Å². The summed E-state index contributed by atoms with van der Waals surface area (Å²) in [6, 6.07) is 0. The van der Waals surface area contributed by atoms with Crippen molar-refractivity contribution in [3.05, 3.63) is 0 Å². The van der Waals surface area contributed by atoms with Gasteiger partial charge >= 0.3 is 11.9 Å². The maximum atomic E-state index is 11.5. The van der Waals surface area contributed by atoms with Crippen LogP contribution in [0.2, 0.25) is 0 Å². The van der Waals surface area contributed by atoms with E-state index in [-0.39, 0.29) is 30.9 Å². The summed E-state index contributed by atoms with van der Waals surface area (Å²) in [6.45, 7) is 10.5. The first-order valence-corrected chi connectivity index (χ1v) is 7.16. The Morgan fingerprint density at radius 2 is 1.42 bits per heavy atom. The molecule has 0 heterocycles. The second-order valence-corrected chi connectivity index (χ2v) is 5.85. The molecule has 0 aromatic rings. The fourth-order valence-corrected chi connectivity index (χ4v) is 1.45. The van der Waals surface area contributed by atoms with E-state index >= 15 is 0 Å². The summed E-state index contributed by atoms with van der Waals surface area (Å²) in [4.78, 5) is 22.8. The molecular weight excluding hydrogens is 244 g/mol. The maximum absolute atomic E-state index is 11.5. The number of ether oxygens (including phenoxy) is 2. The van der Waals surface area contributed by atoms with E-state index in [1.165, 1.54) is 0 Å². The average molecular weight is 272 g/mol. The van der Waals surface area contributed by atoms with Crippen LogP contribution in [0.25, 0.3) is 0 Å². The SMILES string of the molecule is CC(C)CCC(C)OC(=O)CCC(=O)OCC(C)C. The number of esters is 2. The highest BCUT2D eigenvalue weighted by Gasteiger charge is 2.13. The summed E-state index contributed by atoms with van der Waals surface area (Å²) in [5, 5.41) is 0. The van der Waals surface area contributed by atoms with Gasteiger partial charge in [-0.2, -0.15) is 0 Å². The average Bonchev–Trinajstić information content (AvgIpc) is 2.31. The molecule has 0 N–H and O–H groups in total. The Morgan fingerprint density at radius 3 is 1.95 bits per heavy atom. The van der Waals surface area contributed by atoms with Gasteiger partial charge < -0.3 is 9.47 Å². The van der Waals surface area contributed by atoms with Crippen LogP contribution < -0.4 is 0 Å². The van der Waals surface area contributed by atoms with Crippen LogP contribution in [0.5, 0.6) is 0 Å². The van der Waals surface area contributed by atoms with Gasteiger partial charge in [0, 0.05) is 0 Å². The predicted molar refractivity (Wildman–Crippen MR) is 74.7 cm³/mol. The fraction of sp³-hybridized carbons (Fsp3) is 0.867. The van der Waals surface area contributed by atoms with E-state index in [0.717, 1.165) is 12.8 Å². The second kappa shape index (κ2) is 9.82. The van der Waals surface area contributed by atoms with Gasteiger partial charge in [0.1, 0.15) is 0 Å². The molecule has 0 aromatic heterocycles. The number of rotatable bonds is 9. The standard InChI is InChI=1S/C15H28O4/c1-11(2)6-7-13(5)19-15(17)9-8-14(16)18-10-12(3)4/h11-13H,6-10H2,1-5H3. The van der Waals surface area contributed by atoms with Crippen LogP contribution in [-0.2, 0) is 19.1 Å². The van der Waals surface area contributed by atoms with E-state index in [2.05, 4.69) is 13.8 Å². The Balaban J connectivity index is 3.71. The molecule has 0 saturated heterocycles. The van der Waals surface area contributed by atoms with Gasteiger partial charge in [-0.25, -0.2) is 0 Å². The number of hydrogen-bond acceptors (Lipinski definition) is 4. The van der Waals surface area contributed by atoms with E-state index < -0.39 is 0 Å². The quantitative estimate of drug-likeness (QED) is 0.604. The van der Waals surface area contributed by atoms with Crippen LogP contribution >= 0.6 is 0 Å². The molecule has 0 spiro atoms. The maximum Gasteiger partial charge on any atom is 0.306 e. The molecule has 0 aliphatic rings. The number of carbonyl (C=O) groups excluding carboxylic acids is 2. The first-order chi connectivity index (χ1) is 8.81. The lowest BCUT2D eigenvalue weighted by Crippen LogP contribution is -2.17. The van der Waals surface area contributed by atoms with E-state index in [9.17, 15) is 9.59 Å². The molecular formula is C15H28O4. The van der Waals surface area contributed by atoms with Crippen LogP contribution in [0.15, 0.2) is 0 Å². The van der Waals surface area contributed by atoms with Crippen molar-refractivity contribution in [3.8, 4) is 0 Å². The summed E-state index contributed by atoms with van der Waals surface area (Å²) in [5.41, 5.74) is 0. The van der Waals surface area contributed by atoms with E-state index in [4.69, 9.17) is 9.47 Å². The molecule has 19 heavy (non-hydrogen) atoms. The third kappa shape index (κ3) is 11.7. The first-order valence-electron chi connectivity index (χ1n) is 7.16. The first kappa shape index (κ1) is 17.9. The Bertz CT molecular complexity index is 271. The zero-order chi connectivity index (χ0) is 14.8. The zero-order valence-electron chi connectivity index (χ0n) is 12.9. The molecule has 4 nitrogen and oxygen atoms in total.